The third kappa shape index (κ3) is 3.26. The van der Waals surface area contributed by atoms with Crippen LogP contribution < -0.4 is 9.47 Å². The molecule has 2 aromatic heterocycles. The molecule has 7 heteroatoms. The van der Waals surface area contributed by atoms with Crippen LogP contribution in [0.15, 0.2) is 36.7 Å². The van der Waals surface area contributed by atoms with Crippen molar-refractivity contribution < 1.29 is 18.6 Å². The van der Waals surface area contributed by atoms with Gasteiger partial charge in [0.2, 0.25) is 5.95 Å². The smallest absolute Gasteiger partial charge is 0.212 e. The maximum atomic E-state index is 13.1. The summed E-state index contributed by atoms with van der Waals surface area (Å²) < 4.78 is 29.1. The van der Waals surface area contributed by atoms with Crippen molar-refractivity contribution in [3.05, 3.63) is 42.6 Å². The van der Waals surface area contributed by atoms with E-state index < -0.39 is 5.95 Å². The lowest BCUT2D eigenvalue weighted by Gasteiger charge is -2.13. The summed E-state index contributed by atoms with van der Waals surface area (Å²) in [7, 11) is 3.17. The highest BCUT2D eigenvalue weighted by molar-refractivity contribution is 5.95. The van der Waals surface area contributed by atoms with Gasteiger partial charge in [0.1, 0.15) is 6.61 Å². The van der Waals surface area contributed by atoms with E-state index in [0.717, 1.165) is 16.5 Å². The summed E-state index contributed by atoms with van der Waals surface area (Å²) in [4.78, 5) is 3.69. The lowest BCUT2D eigenvalue weighted by Crippen LogP contribution is -2.05. The van der Waals surface area contributed by atoms with Crippen LogP contribution in [0.25, 0.3) is 22.0 Å². The van der Waals surface area contributed by atoms with Crippen LogP contribution >= 0.6 is 0 Å². The molecular weight excluding hydrogens is 313 g/mol. The second-order valence-electron chi connectivity index (χ2n) is 4.99. The number of rotatable bonds is 6. The van der Waals surface area contributed by atoms with E-state index >= 15 is 0 Å². The van der Waals surface area contributed by atoms with E-state index in [1.54, 1.807) is 32.5 Å². The first-order chi connectivity index (χ1) is 11.7. The molecule has 24 heavy (non-hydrogen) atoms. The standard InChI is InChI=1S/C17H16FN3O3/c1-22-5-6-24-16-7-12-13(11-3-4-17(18)19-9-11)10-20-21-14(12)8-15(16)23-2/h3-4,7-10H,5-6H2,1-2H3. The zero-order valence-electron chi connectivity index (χ0n) is 13.3. The fourth-order valence-corrected chi connectivity index (χ4v) is 2.34. The molecule has 124 valence electrons. The Bertz CT molecular complexity index is 840. The van der Waals surface area contributed by atoms with Crippen molar-refractivity contribution in [2.24, 2.45) is 0 Å². The van der Waals surface area contributed by atoms with Gasteiger partial charge in [-0.2, -0.15) is 14.6 Å². The van der Waals surface area contributed by atoms with Crippen molar-refractivity contribution in [3.8, 4) is 22.6 Å². The molecule has 0 fully saturated rings. The van der Waals surface area contributed by atoms with Gasteiger partial charge in [-0.1, -0.05) is 0 Å². The van der Waals surface area contributed by atoms with Gasteiger partial charge in [-0.25, -0.2) is 4.98 Å². The number of hydrogen-bond donors (Lipinski definition) is 0. The molecule has 0 amide bonds. The molecule has 6 nitrogen and oxygen atoms in total. The summed E-state index contributed by atoms with van der Waals surface area (Å²) in [6, 6.07) is 6.54. The predicted molar refractivity (Wildman–Crippen MR) is 86.7 cm³/mol. The van der Waals surface area contributed by atoms with E-state index in [1.807, 2.05) is 6.07 Å². The fraction of sp³-hybridized carbons (Fsp3) is 0.235. The number of halogens is 1. The zero-order chi connectivity index (χ0) is 16.9. The van der Waals surface area contributed by atoms with Crippen molar-refractivity contribution >= 4 is 10.9 Å². The first-order valence-electron chi connectivity index (χ1n) is 7.30. The highest BCUT2D eigenvalue weighted by Gasteiger charge is 2.13. The number of hydrogen-bond acceptors (Lipinski definition) is 6. The van der Waals surface area contributed by atoms with Gasteiger partial charge in [0, 0.05) is 35.9 Å². The number of pyridine rings is 1. The monoisotopic (exact) mass is 329 g/mol. The molecule has 3 aromatic rings. The van der Waals surface area contributed by atoms with Gasteiger partial charge in [-0.15, -0.1) is 0 Å². The molecule has 0 unspecified atom stereocenters. The van der Waals surface area contributed by atoms with E-state index in [0.29, 0.717) is 30.2 Å². The van der Waals surface area contributed by atoms with Crippen LogP contribution in [0.3, 0.4) is 0 Å². The van der Waals surface area contributed by atoms with Crippen LogP contribution in [0, 0.1) is 5.95 Å². The molecule has 0 atom stereocenters. The first kappa shape index (κ1) is 16.1. The molecule has 0 bridgehead atoms. The molecule has 3 rings (SSSR count). The Hall–Kier alpha value is -2.80. The number of aromatic nitrogens is 3. The second kappa shape index (κ2) is 7.18. The molecule has 0 aliphatic heterocycles. The van der Waals surface area contributed by atoms with Gasteiger partial charge >= 0.3 is 0 Å². The molecule has 2 heterocycles. The summed E-state index contributed by atoms with van der Waals surface area (Å²) >= 11 is 0. The average molecular weight is 329 g/mol. The number of benzene rings is 1. The van der Waals surface area contributed by atoms with Gasteiger partial charge in [-0.05, 0) is 18.2 Å². The van der Waals surface area contributed by atoms with Crippen molar-refractivity contribution in [3.63, 3.8) is 0 Å². The minimum absolute atomic E-state index is 0.393. The van der Waals surface area contributed by atoms with Crippen molar-refractivity contribution in [1.29, 1.82) is 0 Å². The summed E-state index contributed by atoms with van der Waals surface area (Å²) in [6.07, 6.45) is 3.07. The maximum Gasteiger partial charge on any atom is 0.212 e. The van der Waals surface area contributed by atoms with Gasteiger partial charge in [-0.3, -0.25) is 0 Å². The minimum Gasteiger partial charge on any atom is -0.493 e. The third-order valence-corrected chi connectivity index (χ3v) is 3.51. The van der Waals surface area contributed by atoms with Gasteiger partial charge in [0.25, 0.3) is 0 Å². The van der Waals surface area contributed by atoms with E-state index in [-0.39, 0.29) is 0 Å². The molecule has 0 N–H and O–H groups in total. The Morgan fingerprint density at radius 1 is 1.04 bits per heavy atom. The average Bonchev–Trinajstić information content (AvgIpc) is 2.61. The number of methoxy groups -OCH3 is 2. The summed E-state index contributed by atoms with van der Waals surface area (Å²) in [5, 5.41) is 8.94. The van der Waals surface area contributed by atoms with Crippen molar-refractivity contribution in [1.82, 2.24) is 15.2 Å². The largest absolute Gasteiger partial charge is 0.493 e. The molecule has 0 aliphatic carbocycles. The minimum atomic E-state index is -0.532. The van der Waals surface area contributed by atoms with Gasteiger partial charge in [0.05, 0.1) is 25.4 Å². The zero-order valence-corrected chi connectivity index (χ0v) is 13.3. The fourth-order valence-electron chi connectivity index (χ4n) is 2.34. The van der Waals surface area contributed by atoms with Crippen LogP contribution in [-0.2, 0) is 4.74 Å². The topological polar surface area (TPSA) is 66.4 Å². The predicted octanol–water partition coefficient (Wildman–Crippen LogP) is 2.86. The first-order valence-corrected chi connectivity index (χ1v) is 7.30. The lowest BCUT2D eigenvalue weighted by molar-refractivity contribution is 0.144. The van der Waals surface area contributed by atoms with Crippen LogP contribution in [0.4, 0.5) is 4.39 Å². The molecule has 0 saturated heterocycles. The Balaban J connectivity index is 2.10. The van der Waals surface area contributed by atoms with Crippen LogP contribution in [0.2, 0.25) is 0 Å². The van der Waals surface area contributed by atoms with E-state index in [4.69, 9.17) is 14.2 Å². The number of ether oxygens (including phenoxy) is 3. The molecule has 1 aromatic carbocycles. The lowest BCUT2D eigenvalue weighted by atomic mass is 10.0. The van der Waals surface area contributed by atoms with Crippen LogP contribution in [0.1, 0.15) is 0 Å². The maximum absolute atomic E-state index is 13.1. The molecule has 0 aliphatic rings. The number of fused-ring (bicyclic) bond motifs is 1. The Morgan fingerprint density at radius 2 is 1.92 bits per heavy atom. The van der Waals surface area contributed by atoms with Crippen molar-refractivity contribution in [2.75, 3.05) is 27.4 Å². The highest BCUT2D eigenvalue weighted by atomic mass is 19.1. The normalized spacial score (nSPS) is 10.8. The SMILES string of the molecule is COCCOc1cc2c(-c3ccc(F)nc3)cnnc2cc1OC. The molecule has 0 spiro atoms. The summed E-state index contributed by atoms with van der Waals surface area (Å²) in [5.74, 6) is 0.601. The Kier molecular flexibility index (Phi) is 4.81. The van der Waals surface area contributed by atoms with Gasteiger partial charge in [0.15, 0.2) is 11.5 Å². The molecular formula is C17H16FN3O3. The second-order valence-corrected chi connectivity index (χ2v) is 4.99. The van der Waals surface area contributed by atoms with E-state index in [9.17, 15) is 4.39 Å². The Labute approximate surface area is 138 Å². The number of nitrogens with zero attached hydrogens (tertiary/aromatic N) is 3. The summed E-state index contributed by atoms with van der Waals surface area (Å²) in [6.45, 7) is 0.856. The molecule has 0 radical (unpaired) electrons. The third-order valence-electron chi connectivity index (χ3n) is 3.51. The quantitative estimate of drug-likeness (QED) is 0.512. The summed E-state index contributed by atoms with van der Waals surface area (Å²) in [5.41, 5.74) is 2.17. The van der Waals surface area contributed by atoms with Crippen molar-refractivity contribution in [2.45, 2.75) is 0 Å². The highest BCUT2D eigenvalue weighted by Crippen LogP contribution is 2.35. The molecule has 0 saturated carbocycles. The van der Waals surface area contributed by atoms with E-state index in [1.165, 1.54) is 12.3 Å². The Morgan fingerprint density at radius 3 is 2.62 bits per heavy atom. The van der Waals surface area contributed by atoms with E-state index in [2.05, 4.69) is 15.2 Å². The van der Waals surface area contributed by atoms with Crippen LogP contribution in [-0.4, -0.2) is 42.6 Å². The van der Waals surface area contributed by atoms with Crippen LogP contribution in [0.5, 0.6) is 11.5 Å². The van der Waals surface area contributed by atoms with Gasteiger partial charge < -0.3 is 14.2 Å².